The summed E-state index contributed by atoms with van der Waals surface area (Å²) < 4.78 is 5.25. The molecule has 158 valence electrons. The Morgan fingerprint density at radius 2 is 1.97 bits per heavy atom. The van der Waals surface area contributed by atoms with Gasteiger partial charge >= 0.3 is 0 Å². The van der Waals surface area contributed by atoms with Gasteiger partial charge in [-0.3, -0.25) is 14.6 Å². The van der Waals surface area contributed by atoms with E-state index in [0.717, 1.165) is 22.6 Å². The molecule has 31 heavy (non-hydrogen) atoms. The number of nitrogens with one attached hydrogen (secondary N) is 1. The van der Waals surface area contributed by atoms with E-state index >= 15 is 0 Å². The third-order valence-corrected chi connectivity index (χ3v) is 5.49. The molecule has 1 N–H and O–H groups in total. The normalized spacial score (nSPS) is 15.7. The van der Waals surface area contributed by atoms with Crippen LogP contribution >= 0.6 is 0 Å². The quantitative estimate of drug-likeness (QED) is 0.668. The fourth-order valence-corrected chi connectivity index (χ4v) is 3.67. The Balaban J connectivity index is 1.38. The number of pyridine rings is 1. The Bertz CT molecular complexity index is 1080. The van der Waals surface area contributed by atoms with Crippen LogP contribution in [0.2, 0.25) is 0 Å². The van der Waals surface area contributed by atoms with Crippen LogP contribution in [0.4, 0.5) is 0 Å². The number of benzene rings is 2. The molecule has 2 aromatic carbocycles. The summed E-state index contributed by atoms with van der Waals surface area (Å²) in [6.07, 6.45) is 2.14. The van der Waals surface area contributed by atoms with E-state index in [-0.39, 0.29) is 11.8 Å². The van der Waals surface area contributed by atoms with Gasteiger partial charge in [-0.25, -0.2) is 0 Å². The number of likely N-dealkylation sites (tertiary alicyclic amines) is 1. The molecule has 0 aliphatic carbocycles. The molecule has 0 radical (unpaired) electrons. The van der Waals surface area contributed by atoms with E-state index in [1.807, 2.05) is 55.5 Å². The number of hydrogen-bond donors (Lipinski definition) is 1. The Morgan fingerprint density at radius 3 is 2.68 bits per heavy atom. The molecule has 0 saturated carbocycles. The lowest BCUT2D eigenvalue weighted by molar-refractivity contribution is -0.129. The second-order valence-corrected chi connectivity index (χ2v) is 7.72. The van der Waals surface area contributed by atoms with Crippen LogP contribution in [0.5, 0.6) is 5.75 Å². The zero-order valence-corrected chi connectivity index (χ0v) is 17.7. The molecule has 1 aromatic heterocycles. The van der Waals surface area contributed by atoms with Crippen LogP contribution in [0.15, 0.2) is 66.9 Å². The van der Waals surface area contributed by atoms with E-state index in [1.54, 1.807) is 24.1 Å². The van der Waals surface area contributed by atoms with Gasteiger partial charge in [0.15, 0.2) is 0 Å². The van der Waals surface area contributed by atoms with Crippen LogP contribution < -0.4 is 10.1 Å². The Labute approximate surface area is 181 Å². The maximum Gasteiger partial charge on any atom is 0.253 e. The number of carbonyl (C=O) groups excluding carboxylic acids is 2. The molecule has 1 aliphatic rings. The topological polar surface area (TPSA) is 71.5 Å². The van der Waals surface area contributed by atoms with E-state index in [1.165, 1.54) is 11.8 Å². The lowest BCUT2D eigenvalue weighted by atomic mass is 10.1. The van der Waals surface area contributed by atoms with Gasteiger partial charge in [0.1, 0.15) is 11.8 Å². The van der Waals surface area contributed by atoms with Gasteiger partial charge in [0.25, 0.3) is 5.91 Å². The lowest BCUT2D eigenvalue weighted by Gasteiger charge is -2.17. The van der Waals surface area contributed by atoms with Crippen molar-refractivity contribution in [2.45, 2.75) is 25.9 Å². The van der Waals surface area contributed by atoms with Gasteiger partial charge in [-0.2, -0.15) is 0 Å². The van der Waals surface area contributed by atoms with Gasteiger partial charge in [-0.05, 0) is 43.2 Å². The van der Waals surface area contributed by atoms with E-state index in [0.29, 0.717) is 25.1 Å². The summed E-state index contributed by atoms with van der Waals surface area (Å²) in [5.74, 6) is 0.408. The molecule has 0 spiro atoms. The van der Waals surface area contributed by atoms with E-state index < -0.39 is 6.04 Å². The fourth-order valence-electron chi connectivity index (χ4n) is 3.67. The van der Waals surface area contributed by atoms with Crippen molar-refractivity contribution >= 4 is 11.8 Å². The summed E-state index contributed by atoms with van der Waals surface area (Å²) in [4.78, 5) is 31.6. The highest BCUT2D eigenvalue weighted by Gasteiger charge is 2.32. The van der Waals surface area contributed by atoms with Crippen LogP contribution in [0, 0.1) is 6.92 Å². The largest absolute Gasteiger partial charge is 0.497 e. The second-order valence-electron chi connectivity index (χ2n) is 7.72. The highest BCUT2D eigenvalue weighted by atomic mass is 16.5. The van der Waals surface area contributed by atoms with Crippen molar-refractivity contribution in [1.82, 2.24) is 15.2 Å². The molecule has 6 nitrogen and oxygen atoms in total. The summed E-state index contributed by atoms with van der Waals surface area (Å²) in [7, 11) is 1.62. The van der Waals surface area contributed by atoms with Crippen molar-refractivity contribution in [2.24, 2.45) is 0 Å². The van der Waals surface area contributed by atoms with Crippen LogP contribution in [0.25, 0.3) is 11.3 Å². The summed E-state index contributed by atoms with van der Waals surface area (Å²) in [5, 5.41) is 2.86. The number of hydrogen-bond acceptors (Lipinski definition) is 4. The number of rotatable bonds is 6. The van der Waals surface area contributed by atoms with Crippen LogP contribution in [-0.2, 0) is 11.3 Å². The number of carbonyl (C=O) groups is 2. The monoisotopic (exact) mass is 415 g/mol. The minimum absolute atomic E-state index is 0.0464. The summed E-state index contributed by atoms with van der Waals surface area (Å²) >= 11 is 0. The first kappa shape index (κ1) is 20.6. The second kappa shape index (κ2) is 9.00. The number of methoxy groups -OCH3 is 1. The van der Waals surface area contributed by atoms with Crippen molar-refractivity contribution < 1.29 is 14.3 Å². The van der Waals surface area contributed by atoms with Gasteiger partial charge in [0, 0.05) is 24.8 Å². The standard InChI is InChI=1S/C25H25N3O3/c1-17-6-8-18(9-7-17)16-28-13-12-23(25(28)30)27-24(29)20-10-11-22(26-15-20)19-4-3-5-21(14-19)31-2/h3-11,14-15,23H,12-13,16H2,1-2H3,(H,27,29). The number of amides is 2. The molecule has 6 heteroatoms. The Hall–Kier alpha value is -3.67. The first-order valence-electron chi connectivity index (χ1n) is 10.3. The van der Waals surface area contributed by atoms with E-state index in [9.17, 15) is 9.59 Å². The minimum atomic E-state index is -0.504. The Kier molecular flexibility index (Phi) is 5.98. The number of aromatic nitrogens is 1. The van der Waals surface area contributed by atoms with Gasteiger partial charge < -0.3 is 15.0 Å². The van der Waals surface area contributed by atoms with Crippen LogP contribution in [-0.4, -0.2) is 41.4 Å². The zero-order valence-electron chi connectivity index (χ0n) is 17.7. The fraction of sp³-hybridized carbons (Fsp3) is 0.240. The van der Waals surface area contributed by atoms with Crippen molar-refractivity contribution in [1.29, 1.82) is 0 Å². The summed E-state index contributed by atoms with van der Waals surface area (Å²) in [6.45, 7) is 3.22. The molecule has 0 bridgehead atoms. The molecule has 1 unspecified atom stereocenters. The predicted molar refractivity (Wildman–Crippen MR) is 119 cm³/mol. The molecule has 2 amide bonds. The molecular formula is C25H25N3O3. The van der Waals surface area contributed by atoms with Gasteiger partial charge in [0.2, 0.25) is 5.91 Å². The number of aryl methyl sites for hydroxylation is 1. The summed E-state index contributed by atoms with van der Waals surface area (Å²) in [6, 6.07) is 18.7. The maximum atomic E-state index is 12.7. The highest BCUT2D eigenvalue weighted by molar-refractivity contribution is 5.98. The third kappa shape index (κ3) is 4.74. The smallest absolute Gasteiger partial charge is 0.253 e. The van der Waals surface area contributed by atoms with Crippen LogP contribution in [0.3, 0.4) is 0 Å². The van der Waals surface area contributed by atoms with Gasteiger partial charge in [-0.15, -0.1) is 0 Å². The molecule has 1 aliphatic heterocycles. The molecule has 1 fully saturated rings. The Morgan fingerprint density at radius 1 is 1.16 bits per heavy atom. The minimum Gasteiger partial charge on any atom is -0.497 e. The molecule has 3 aromatic rings. The van der Waals surface area contributed by atoms with E-state index in [4.69, 9.17) is 4.74 Å². The average molecular weight is 415 g/mol. The molecule has 1 saturated heterocycles. The average Bonchev–Trinajstić information content (AvgIpc) is 3.14. The SMILES string of the molecule is COc1cccc(-c2ccc(C(=O)NC3CCN(Cc4ccc(C)cc4)C3=O)cn2)c1. The lowest BCUT2D eigenvalue weighted by Crippen LogP contribution is -2.41. The van der Waals surface area contributed by atoms with Crippen molar-refractivity contribution in [3.05, 3.63) is 83.6 Å². The van der Waals surface area contributed by atoms with E-state index in [2.05, 4.69) is 10.3 Å². The first-order chi connectivity index (χ1) is 15.0. The van der Waals surface area contributed by atoms with Crippen molar-refractivity contribution in [3.63, 3.8) is 0 Å². The van der Waals surface area contributed by atoms with Gasteiger partial charge in [0.05, 0.1) is 18.4 Å². The maximum absolute atomic E-state index is 12.7. The molecule has 2 heterocycles. The third-order valence-electron chi connectivity index (χ3n) is 5.49. The molecule has 4 rings (SSSR count). The molecule has 1 atom stereocenters. The van der Waals surface area contributed by atoms with Crippen molar-refractivity contribution in [3.8, 4) is 17.0 Å². The van der Waals surface area contributed by atoms with Crippen LogP contribution in [0.1, 0.15) is 27.9 Å². The number of ether oxygens (including phenoxy) is 1. The number of nitrogens with zero attached hydrogens (tertiary/aromatic N) is 2. The van der Waals surface area contributed by atoms with Gasteiger partial charge in [-0.1, -0.05) is 42.0 Å². The zero-order chi connectivity index (χ0) is 21.8. The first-order valence-corrected chi connectivity index (χ1v) is 10.3. The van der Waals surface area contributed by atoms with Crippen molar-refractivity contribution in [2.75, 3.05) is 13.7 Å². The molecular weight excluding hydrogens is 390 g/mol. The predicted octanol–water partition coefficient (Wildman–Crippen LogP) is 3.60. The summed E-state index contributed by atoms with van der Waals surface area (Å²) in [5.41, 5.74) is 4.35. The highest BCUT2D eigenvalue weighted by Crippen LogP contribution is 2.22.